The van der Waals surface area contributed by atoms with Crippen molar-refractivity contribution in [1.82, 2.24) is 9.97 Å². The van der Waals surface area contributed by atoms with E-state index in [1.54, 1.807) is 18.5 Å². The molecule has 1 heterocycles. The maximum Gasteiger partial charge on any atom is 0.156 e. The van der Waals surface area contributed by atoms with E-state index in [9.17, 15) is 5.11 Å². The number of hydrogen-bond acceptors (Lipinski definition) is 3. The lowest BCUT2D eigenvalue weighted by Gasteiger charge is -2.05. The fourth-order valence-corrected chi connectivity index (χ4v) is 0.832. The normalized spacial score (nSPS) is 12.0. The average molecular weight is 162 g/mol. The molecule has 0 fully saturated rings. The molecule has 62 valence electrons. The smallest absolute Gasteiger partial charge is 0.156 e. The molecule has 0 bridgehead atoms. The Hall–Kier alpha value is -1.40. The lowest BCUT2D eigenvalue weighted by atomic mass is 10.2. The molecule has 0 saturated heterocycles. The third-order valence-electron chi connectivity index (χ3n) is 1.45. The fraction of sp³-hybridized carbons (Fsp3) is 0.333. The van der Waals surface area contributed by atoms with Gasteiger partial charge in [-0.15, -0.1) is 12.3 Å². The molecule has 1 atom stereocenters. The molecule has 3 heteroatoms. The summed E-state index contributed by atoms with van der Waals surface area (Å²) in [5, 5.41) is 9.43. The van der Waals surface area contributed by atoms with Crippen molar-refractivity contribution < 1.29 is 5.11 Å². The molecule has 1 rings (SSSR count). The molecule has 0 spiro atoms. The van der Waals surface area contributed by atoms with Gasteiger partial charge in [0.15, 0.2) is 5.82 Å². The van der Waals surface area contributed by atoms with Crippen LogP contribution in [0.3, 0.4) is 0 Å². The van der Waals surface area contributed by atoms with Crippen LogP contribution in [0.2, 0.25) is 0 Å². The van der Waals surface area contributed by atoms with Crippen LogP contribution in [0.15, 0.2) is 18.5 Å². The first kappa shape index (κ1) is 8.69. The van der Waals surface area contributed by atoms with Gasteiger partial charge in [0.1, 0.15) is 6.10 Å². The Morgan fingerprint density at radius 3 is 2.75 bits per heavy atom. The summed E-state index contributed by atoms with van der Waals surface area (Å²) < 4.78 is 0. The third-order valence-corrected chi connectivity index (χ3v) is 1.45. The zero-order valence-electron chi connectivity index (χ0n) is 6.64. The number of nitrogens with zero attached hydrogens (tertiary/aromatic N) is 2. The molecule has 1 N–H and O–H groups in total. The first-order valence-corrected chi connectivity index (χ1v) is 3.73. The van der Waals surface area contributed by atoms with Gasteiger partial charge in [-0.1, -0.05) is 0 Å². The molecule has 0 aliphatic heterocycles. The Kier molecular flexibility index (Phi) is 3.24. The van der Waals surface area contributed by atoms with Crippen LogP contribution in [0.5, 0.6) is 0 Å². The quantitative estimate of drug-likeness (QED) is 0.672. The third kappa shape index (κ3) is 2.33. The maximum absolute atomic E-state index is 9.43. The molecule has 1 aromatic rings. The van der Waals surface area contributed by atoms with Gasteiger partial charge in [-0.3, -0.25) is 0 Å². The van der Waals surface area contributed by atoms with E-state index in [0.29, 0.717) is 18.7 Å². The van der Waals surface area contributed by atoms with Gasteiger partial charge in [0, 0.05) is 18.8 Å². The molecule has 0 aliphatic carbocycles. The van der Waals surface area contributed by atoms with Crippen LogP contribution in [0.25, 0.3) is 0 Å². The van der Waals surface area contributed by atoms with E-state index in [-0.39, 0.29) is 0 Å². The highest BCUT2D eigenvalue weighted by Gasteiger charge is 2.07. The second-order valence-corrected chi connectivity index (χ2v) is 2.37. The molecular formula is C9H10N2O. The zero-order valence-corrected chi connectivity index (χ0v) is 6.64. The number of aromatic nitrogens is 2. The van der Waals surface area contributed by atoms with Crippen LogP contribution in [0, 0.1) is 12.3 Å². The summed E-state index contributed by atoms with van der Waals surface area (Å²) in [6.07, 6.45) is 8.67. The Labute approximate surface area is 71.5 Å². The Bertz CT molecular complexity index is 266. The van der Waals surface area contributed by atoms with E-state index in [1.807, 2.05) is 0 Å². The largest absolute Gasteiger partial charge is 0.385 e. The SMILES string of the molecule is C#CCCC(O)c1ncccn1. The fourth-order valence-electron chi connectivity index (χ4n) is 0.832. The maximum atomic E-state index is 9.43. The van der Waals surface area contributed by atoms with Crippen molar-refractivity contribution in [3.8, 4) is 12.3 Å². The number of aliphatic hydroxyl groups is 1. The van der Waals surface area contributed by atoms with Crippen LogP contribution in [0.1, 0.15) is 24.8 Å². The molecule has 3 nitrogen and oxygen atoms in total. The van der Waals surface area contributed by atoms with Gasteiger partial charge in [0.2, 0.25) is 0 Å². The van der Waals surface area contributed by atoms with E-state index in [0.717, 1.165) is 0 Å². The summed E-state index contributed by atoms with van der Waals surface area (Å²) in [6, 6.07) is 1.71. The molecule has 1 unspecified atom stereocenters. The van der Waals surface area contributed by atoms with Crippen molar-refractivity contribution in [2.45, 2.75) is 18.9 Å². The molecule has 1 aromatic heterocycles. The van der Waals surface area contributed by atoms with Gasteiger partial charge < -0.3 is 5.11 Å². The highest BCUT2D eigenvalue weighted by atomic mass is 16.3. The number of terminal acetylenes is 1. The monoisotopic (exact) mass is 162 g/mol. The minimum Gasteiger partial charge on any atom is -0.385 e. The van der Waals surface area contributed by atoms with E-state index in [4.69, 9.17) is 6.42 Å². The summed E-state index contributed by atoms with van der Waals surface area (Å²) >= 11 is 0. The van der Waals surface area contributed by atoms with E-state index >= 15 is 0 Å². The van der Waals surface area contributed by atoms with Crippen LogP contribution in [-0.2, 0) is 0 Å². The summed E-state index contributed by atoms with van der Waals surface area (Å²) in [5.41, 5.74) is 0. The molecule has 0 aliphatic rings. The molecule has 12 heavy (non-hydrogen) atoms. The summed E-state index contributed by atoms with van der Waals surface area (Å²) in [7, 11) is 0. The molecule has 0 radical (unpaired) electrons. The van der Waals surface area contributed by atoms with Gasteiger partial charge in [0.25, 0.3) is 0 Å². The van der Waals surface area contributed by atoms with E-state index < -0.39 is 6.10 Å². The molecular weight excluding hydrogens is 152 g/mol. The van der Waals surface area contributed by atoms with Crippen molar-refractivity contribution in [3.63, 3.8) is 0 Å². The predicted octanol–water partition coefficient (Wildman–Crippen LogP) is 0.923. The first-order valence-electron chi connectivity index (χ1n) is 3.73. The number of hydrogen-bond donors (Lipinski definition) is 1. The van der Waals surface area contributed by atoms with Crippen molar-refractivity contribution >= 4 is 0 Å². The van der Waals surface area contributed by atoms with Crippen molar-refractivity contribution in [2.75, 3.05) is 0 Å². The minimum atomic E-state index is -0.637. The highest BCUT2D eigenvalue weighted by molar-refractivity contribution is 4.94. The highest BCUT2D eigenvalue weighted by Crippen LogP contribution is 2.11. The Morgan fingerprint density at radius 1 is 1.50 bits per heavy atom. The van der Waals surface area contributed by atoms with Gasteiger partial charge in [-0.05, 0) is 12.5 Å². The average Bonchev–Trinajstić information content (AvgIpc) is 2.15. The van der Waals surface area contributed by atoms with Crippen molar-refractivity contribution in [1.29, 1.82) is 0 Å². The second kappa shape index (κ2) is 4.47. The van der Waals surface area contributed by atoms with Crippen molar-refractivity contribution in [2.24, 2.45) is 0 Å². The van der Waals surface area contributed by atoms with Gasteiger partial charge in [0.05, 0.1) is 0 Å². The Morgan fingerprint density at radius 2 is 2.17 bits per heavy atom. The number of aliphatic hydroxyl groups excluding tert-OH is 1. The van der Waals surface area contributed by atoms with Gasteiger partial charge in [-0.2, -0.15) is 0 Å². The van der Waals surface area contributed by atoms with Gasteiger partial charge in [-0.25, -0.2) is 9.97 Å². The molecule has 0 aromatic carbocycles. The minimum absolute atomic E-state index is 0.438. The second-order valence-electron chi connectivity index (χ2n) is 2.37. The van der Waals surface area contributed by atoms with Crippen LogP contribution in [-0.4, -0.2) is 15.1 Å². The zero-order chi connectivity index (χ0) is 8.81. The number of rotatable bonds is 3. The molecule has 0 saturated carbocycles. The topological polar surface area (TPSA) is 46.0 Å². The van der Waals surface area contributed by atoms with E-state index in [1.165, 1.54) is 0 Å². The molecule has 0 amide bonds. The summed E-state index contributed by atoms with van der Waals surface area (Å²) in [5.74, 6) is 2.89. The Balaban J connectivity index is 2.55. The van der Waals surface area contributed by atoms with Gasteiger partial charge >= 0.3 is 0 Å². The van der Waals surface area contributed by atoms with Crippen LogP contribution < -0.4 is 0 Å². The first-order chi connectivity index (χ1) is 5.84. The summed E-state index contributed by atoms with van der Waals surface area (Å²) in [4.78, 5) is 7.80. The summed E-state index contributed by atoms with van der Waals surface area (Å²) in [6.45, 7) is 0. The lowest BCUT2D eigenvalue weighted by Crippen LogP contribution is -2.02. The predicted molar refractivity (Wildman–Crippen MR) is 45.1 cm³/mol. The standard InChI is InChI=1S/C9H10N2O/c1-2-3-5-8(12)9-10-6-4-7-11-9/h1,4,6-8,12H,3,5H2. The van der Waals surface area contributed by atoms with E-state index in [2.05, 4.69) is 15.9 Å². The van der Waals surface area contributed by atoms with Crippen molar-refractivity contribution in [3.05, 3.63) is 24.3 Å². The van der Waals surface area contributed by atoms with Crippen LogP contribution >= 0.6 is 0 Å². The lowest BCUT2D eigenvalue weighted by molar-refractivity contribution is 0.159. The van der Waals surface area contributed by atoms with Crippen LogP contribution in [0.4, 0.5) is 0 Å².